The van der Waals surface area contributed by atoms with Crippen molar-refractivity contribution in [3.05, 3.63) is 72.3 Å². The molecule has 1 unspecified atom stereocenters. The Morgan fingerprint density at radius 3 is 2.35 bits per heavy atom. The molecule has 1 heterocycles. The van der Waals surface area contributed by atoms with Crippen LogP contribution < -0.4 is 14.2 Å². The predicted octanol–water partition coefficient (Wildman–Crippen LogP) is 6.70. The molecule has 3 aromatic carbocycles. The van der Waals surface area contributed by atoms with Gasteiger partial charge in [0.1, 0.15) is 11.5 Å². The summed E-state index contributed by atoms with van der Waals surface area (Å²) in [6.07, 6.45) is -4.40. The predicted molar refractivity (Wildman–Crippen MR) is 130 cm³/mol. The highest BCUT2D eigenvalue weighted by Crippen LogP contribution is 2.39. The van der Waals surface area contributed by atoms with Gasteiger partial charge in [-0.05, 0) is 73.4 Å². The number of aromatic nitrogens is 2. The van der Waals surface area contributed by atoms with Crippen molar-refractivity contribution in [2.24, 2.45) is 0 Å². The highest BCUT2D eigenvalue weighted by atomic mass is 32.2. The fourth-order valence-corrected chi connectivity index (χ4v) is 4.66. The molecule has 0 aliphatic rings. The standard InChI is InChI=1S/C25H22F3N3O2S/c1-4-34(29-2)20-11-12-23(33-19-9-7-18(8-10-19)25(26,27)28)21(15-20)16-5-6-17-14-24(32-3)31-30-22(17)13-16/h4-15,29H,1-3H3. The summed E-state index contributed by atoms with van der Waals surface area (Å²) in [6.45, 7) is 1.98. The number of methoxy groups -OCH3 is 1. The van der Waals surface area contributed by atoms with Crippen LogP contribution in [0.15, 0.2) is 71.6 Å². The minimum atomic E-state index is -4.40. The number of halogens is 3. The second-order valence-corrected chi connectivity index (χ2v) is 9.25. The lowest BCUT2D eigenvalue weighted by Crippen LogP contribution is -2.04. The zero-order valence-corrected chi connectivity index (χ0v) is 19.5. The summed E-state index contributed by atoms with van der Waals surface area (Å²) < 4.78 is 53.2. The quantitative estimate of drug-likeness (QED) is 0.308. The summed E-state index contributed by atoms with van der Waals surface area (Å²) in [5.41, 5.74) is 1.58. The zero-order chi connectivity index (χ0) is 24.3. The van der Waals surface area contributed by atoms with E-state index in [-0.39, 0.29) is 10.7 Å². The fraction of sp³-hybridized carbons (Fsp3) is 0.160. The molecule has 9 heteroatoms. The molecular weight excluding hydrogens is 463 g/mol. The molecule has 1 N–H and O–H groups in total. The first-order chi connectivity index (χ1) is 16.3. The molecule has 1 aromatic heterocycles. The van der Waals surface area contributed by atoms with E-state index >= 15 is 0 Å². The average Bonchev–Trinajstić information content (AvgIpc) is 2.84. The Labute approximate surface area is 197 Å². The van der Waals surface area contributed by atoms with Crippen LogP contribution in [-0.2, 0) is 6.18 Å². The summed E-state index contributed by atoms with van der Waals surface area (Å²) in [6, 6.07) is 18.0. The van der Waals surface area contributed by atoms with Gasteiger partial charge in [0.15, 0.2) is 0 Å². The molecule has 5 nitrogen and oxygen atoms in total. The normalized spacial score (nSPS) is 12.6. The van der Waals surface area contributed by atoms with Gasteiger partial charge in [-0.1, -0.05) is 22.8 Å². The smallest absolute Gasteiger partial charge is 0.416 e. The van der Waals surface area contributed by atoms with Gasteiger partial charge in [-0.25, -0.2) is 0 Å². The average molecular weight is 486 g/mol. The van der Waals surface area contributed by atoms with Gasteiger partial charge in [-0.15, -0.1) is 10.2 Å². The largest absolute Gasteiger partial charge is 0.480 e. The van der Waals surface area contributed by atoms with Gasteiger partial charge >= 0.3 is 6.18 Å². The van der Waals surface area contributed by atoms with Gasteiger partial charge in [0, 0.05) is 21.9 Å². The molecule has 0 spiro atoms. The van der Waals surface area contributed by atoms with Crippen molar-refractivity contribution in [3.8, 4) is 28.5 Å². The molecule has 176 valence electrons. The minimum absolute atomic E-state index is 0.285. The first-order valence-corrected chi connectivity index (χ1v) is 11.6. The number of rotatable bonds is 6. The van der Waals surface area contributed by atoms with Gasteiger partial charge in [-0.2, -0.15) is 13.2 Å². The monoisotopic (exact) mass is 485 g/mol. The van der Waals surface area contributed by atoms with E-state index in [1.54, 1.807) is 6.07 Å². The molecule has 0 aliphatic carbocycles. The van der Waals surface area contributed by atoms with Crippen molar-refractivity contribution in [1.82, 2.24) is 14.9 Å². The Hall–Kier alpha value is -3.43. The summed E-state index contributed by atoms with van der Waals surface area (Å²) in [7, 11) is 3.13. The Balaban J connectivity index is 1.79. The molecule has 0 aliphatic heterocycles. The topological polar surface area (TPSA) is 56.3 Å². The van der Waals surface area contributed by atoms with Gasteiger partial charge in [0.25, 0.3) is 0 Å². The number of hydrogen-bond donors (Lipinski definition) is 1. The van der Waals surface area contributed by atoms with E-state index in [1.165, 1.54) is 19.2 Å². The second-order valence-electron chi connectivity index (χ2n) is 7.22. The highest BCUT2D eigenvalue weighted by Gasteiger charge is 2.30. The molecule has 4 rings (SSSR count). The Kier molecular flexibility index (Phi) is 6.85. The Morgan fingerprint density at radius 2 is 1.71 bits per heavy atom. The van der Waals surface area contributed by atoms with Crippen LogP contribution in [0.3, 0.4) is 0 Å². The number of hydrogen-bond acceptors (Lipinski definition) is 5. The first kappa shape index (κ1) is 23.7. The van der Waals surface area contributed by atoms with Crippen LogP contribution >= 0.6 is 10.7 Å². The SMILES string of the molecule is CC=S(NC)c1ccc(Oc2ccc(C(F)(F)F)cc2)c(-c2ccc3cc(OC)nnc3c2)c1. The Bertz CT molecular complexity index is 1360. The second kappa shape index (κ2) is 9.82. The number of alkyl halides is 3. The van der Waals surface area contributed by atoms with Gasteiger partial charge in [0.2, 0.25) is 5.88 Å². The summed E-state index contributed by atoms with van der Waals surface area (Å²) in [4.78, 5) is 1.04. The van der Waals surface area contributed by atoms with Crippen molar-refractivity contribution in [2.45, 2.75) is 18.0 Å². The lowest BCUT2D eigenvalue weighted by Gasteiger charge is -2.16. The third-order valence-corrected chi connectivity index (χ3v) is 6.83. The van der Waals surface area contributed by atoms with Gasteiger partial charge < -0.3 is 9.47 Å². The maximum Gasteiger partial charge on any atom is 0.416 e. The Morgan fingerprint density at radius 1 is 0.941 bits per heavy atom. The molecule has 1 atom stereocenters. The minimum Gasteiger partial charge on any atom is -0.480 e. The van der Waals surface area contributed by atoms with Crippen LogP contribution in [-0.4, -0.2) is 29.7 Å². The molecule has 4 aromatic rings. The van der Waals surface area contributed by atoms with E-state index in [9.17, 15) is 13.2 Å². The lowest BCUT2D eigenvalue weighted by atomic mass is 10.0. The molecule has 0 bridgehead atoms. The first-order valence-electron chi connectivity index (χ1n) is 10.3. The maximum absolute atomic E-state index is 12.9. The van der Waals surface area contributed by atoms with Crippen molar-refractivity contribution in [3.63, 3.8) is 0 Å². The molecule has 0 fully saturated rings. The maximum atomic E-state index is 12.9. The van der Waals surface area contributed by atoms with Crippen LogP contribution in [0.5, 0.6) is 17.4 Å². The van der Waals surface area contributed by atoms with Crippen LogP contribution in [0.25, 0.3) is 22.0 Å². The molecule has 0 saturated carbocycles. The molecule has 0 amide bonds. The molecule has 0 saturated heterocycles. The van der Waals surface area contributed by atoms with Crippen LogP contribution in [0, 0.1) is 0 Å². The number of fused-ring (bicyclic) bond motifs is 1. The number of benzene rings is 3. The van der Waals surface area contributed by atoms with E-state index < -0.39 is 11.7 Å². The molecular formula is C25H22F3N3O2S. The van der Waals surface area contributed by atoms with E-state index in [1.807, 2.05) is 50.4 Å². The van der Waals surface area contributed by atoms with E-state index in [0.29, 0.717) is 22.9 Å². The van der Waals surface area contributed by atoms with Crippen LogP contribution in [0.4, 0.5) is 13.2 Å². The van der Waals surface area contributed by atoms with Crippen LogP contribution in [0.1, 0.15) is 12.5 Å². The number of nitrogens with one attached hydrogen (secondary N) is 1. The van der Waals surface area contributed by atoms with Crippen molar-refractivity contribution < 1.29 is 22.6 Å². The highest BCUT2D eigenvalue weighted by molar-refractivity contribution is 8.13. The lowest BCUT2D eigenvalue weighted by molar-refractivity contribution is -0.137. The molecule has 34 heavy (non-hydrogen) atoms. The van der Waals surface area contributed by atoms with E-state index in [4.69, 9.17) is 9.47 Å². The zero-order valence-electron chi connectivity index (χ0n) is 18.7. The van der Waals surface area contributed by atoms with E-state index in [2.05, 4.69) is 20.3 Å². The van der Waals surface area contributed by atoms with Gasteiger partial charge in [-0.3, -0.25) is 4.72 Å². The summed E-state index contributed by atoms with van der Waals surface area (Å²) in [5.74, 6) is 1.24. The summed E-state index contributed by atoms with van der Waals surface area (Å²) >= 11 is 0. The van der Waals surface area contributed by atoms with Crippen molar-refractivity contribution in [2.75, 3.05) is 14.2 Å². The number of nitrogens with zero attached hydrogens (tertiary/aromatic N) is 2. The third-order valence-electron chi connectivity index (χ3n) is 5.16. The summed E-state index contributed by atoms with van der Waals surface area (Å²) in [5, 5.41) is 11.2. The fourth-order valence-electron chi connectivity index (χ4n) is 3.46. The number of ether oxygens (including phenoxy) is 2. The van der Waals surface area contributed by atoms with Gasteiger partial charge in [0.05, 0.1) is 18.2 Å². The molecule has 0 radical (unpaired) electrons. The van der Waals surface area contributed by atoms with Crippen molar-refractivity contribution in [1.29, 1.82) is 0 Å². The van der Waals surface area contributed by atoms with Crippen LogP contribution in [0.2, 0.25) is 0 Å². The van der Waals surface area contributed by atoms with E-state index in [0.717, 1.165) is 33.5 Å². The van der Waals surface area contributed by atoms with Crippen molar-refractivity contribution >= 4 is 26.9 Å². The third kappa shape index (κ3) is 5.05.